The maximum atomic E-state index is 11.7. The highest BCUT2D eigenvalue weighted by atomic mass is 35.5. The molecule has 0 amide bonds. The zero-order valence-electron chi connectivity index (χ0n) is 11.1. The van der Waals surface area contributed by atoms with E-state index in [0.29, 0.717) is 11.7 Å². The minimum atomic E-state index is -0.250. The molecular formula is C13H19ClN4O. The fourth-order valence-corrected chi connectivity index (χ4v) is 2.84. The lowest BCUT2D eigenvalue weighted by Crippen LogP contribution is -2.29. The van der Waals surface area contributed by atoms with Crippen LogP contribution in [0.5, 0.6) is 0 Å². The lowest BCUT2D eigenvalue weighted by Gasteiger charge is -2.17. The van der Waals surface area contributed by atoms with Crippen LogP contribution in [-0.2, 0) is 7.05 Å². The Morgan fingerprint density at radius 2 is 2.26 bits per heavy atom. The molecule has 1 atom stereocenters. The van der Waals surface area contributed by atoms with Gasteiger partial charge in [0.05, 0.1) is 11.9 Å². The second kappa shape index (κ2) is 5.13. The van der Waals surface area contributed by atoms with E-state index < -0.39 is 0 Å². The first-order valence-corrected chi connectivity index (χ1v) is 7.22. The van der Waals surface area contributed by atoms with E-state index in [2.05, 4.69) is 15.3 Å². The van der Waals surface area contributed by atoms with Crippen LogP contribution in [0.25, 0.3) is 0 Å². The molecule has 1 saturated heterocycles. The van der Waals surface area contributed by atoms with Crippen molar-refractivity contribution in [2.24, 2.45) is 13.0 Å². The fraction of sp³-hybridized carbons (Fsp3) is 0.692. The van der Waals surface area contributed by atoms with Gasteiger partial charge in [-0.3, -0.25) is 4.79 Å². The predicted octanol–water partition coefficient (Wildman–Crippen LogP) is 1.33. The Hall–Kier alpha value is -1.07. The smallest absolute Gasteiger partial charge is 0.287 e. The molecule has 2 fully saturated rings. The topological polar surface area (TPSA) is 50.2 Å². The third-order valence-corrected chi connectivity index (χ3v) is 4.29. The Kier molecular flexibility index (Phi) is 3.50. The van der Waals surface area contributed by atoms with Crippen LogP contribution in [0.1, 0.15) is 19.3 Å². The first kappa shape index (κ1) is 12.9. The van der Waals surface area contributed by atoms with Crippen LogP contribution in [0.4, 0.5) is 5.69 Å². The molecule has 0 unspecified atom stereocenters. The molecule has 0 bridgehead atoms. The van der Waals surface area contributed by atoms with Crippen molar-refractivity contribution in [2.75, 3.05) is 25.0 Å². The number of likely N-dealkylation sites (tertiary alicyclic amines) is 1. The first-order valence-electron chi connectivity index (χ1n) is 6.84. The maximum Gasteiger partial charge on any atom is 0.287 e. The number of anilines is 1. The summed E-state index contributed by atoms with van der Waals surface area (Å²) < 4.78 is 1.25. The highest BCUT2D eigenvalue weighted by molar-refractivity contribution is 6.32. The summed E-state index contributed by atoms with van der Waals surface area (Å²) in [7, 11) is 1.60. The lowest BCUT2D eigenvalue weighted by atomic mass is 10.2. The normalized spacial score (nSPS) is 23.8. The molecule has 3 rings (SSSR count). The summed E-state index contributed by atoms with van der Waals surface area (Å²) in [5.41, 5.74) is 0.405. The Morgan fingerprint density at radius 1 is 1.47 bits per heavy atom. The van der Waals surface area contributed by atoms with Gasteiger partial charge in [0.15, 0.2) is 0 Å². The van der Waals surface area contributed by atoms with E-state index in [1.165, 1.54) is 24.1 Å². The number of hydrogen-bond acceptors (Lipinski definition) is 4. The van der Waals surface area contributed by atoms with Crippen LogP contribution >= 0.6 is 11.6 Å². The van der Waals surface area contributed by atoms with E-state index in [1.54, 1.807) is 13.2 Å². The van der Waals surface area contributed by atoms with Gasteiger partial charge in [-0.25, -0.2) is 4.68 Å². The Morgan fingerprint density at radius 3 is 3.00 bits per heavy atom. The van der Waals surface area contributed by atoms with Crippen LogP contribution in [0.2, 0.25) is 5.02 Å². The maximum absolute atomic E-state index is 11.7. The molecule has 2 aliphatic rings. The second-order valence-electron chi connectivity index (χ2n) is 5.63. The molecule has 0 radical (unpaired) electrons. The van der Waals surface area contributed by atoms with E-state index in [-0.39, 0.29) is 10.6 Å². The summed E-state index contributed by atoms with van der Waals surface area (Å²) >= 11 is 6.06. The number of aromatic nitrogens is 2. The molecule has 1 saturated carbocycles. The van der Waals surface area contributed by atoms with Gasteiger partial charge in [-0.2, -0.15) is 5.10 Å². The van der Waals surface area contributed by atoms with Crippen molar-refractivity contribution in [3.63, 3.8) is 0 Å². The molecule has 1 aliphatic heterocycles. The van der Waals surface area contributed by atoms with Gasteiger partial charge in [0.25, 0.3) is 5.56 Å². The molecule has 5 nitrogen and oxygen atoms in total. The molecule has 0 aromatic carbocycles. The van der Waals surface area contributed by atoms with Crippen molar-refractivity contribution in [3.8, 4) is 0 Å². The van der Waals surface area contributed by atoms with Crippen LogP contribution in [0.3, 0.4) is 0 Å². The van der Waals surface area contributed by atoms with E-state index >= 15 is 0 Å². The molecule has 0 spiro atoms. The largest absolute Gasteiger partial charge is 0.378 e. The van der Waals surface area contributed by atoms with Crippen molar-refractivity contribution >= 4 is 17.3 Å². The van der Waals surface area contributed by atoms with E-state index in [4.69, 9.17) is 11.6 Å². The van der Waals surface area contributed by atoms with Crippen LogP contribution < -0.4 is 10.9 Å². The van der Waals surface area contributed by atoms with Gasteiger partial charge in [0.2, 0.25) is 0 Å². The summed E-state index contributed by atoms with van der Waals surface area (Å²) in [5.74, 6) is 0.924. The Bertz CT molecular complexity index is 526. The van der Waals surface area contributed by atoms with Crippen LogP contribution in [0, 0.1) is 5.92 Å². The Labute approximate surface area is 117 Å². The summed E-state index contributed by atoms with van der Waals surface area (Å²) in [6.07, 6.45) is 5.50. The minimum Gasteiger partial charge on any atom is -0.378 e. The third-order valence-electron chi connectivity index (χ3n) is 3.92. The number of halogens is 1. The molecule has 1 aromatic heterocycles. The molecule has 1 aromatic rings. The van der Waals surface area contributed by atoms with Crippen molar-refractivity contribution in [1.82, 2.24) is 14.7 Å². The first-order chi connectivity index (χ1) is 9.13. The summed E-state index contributed by atoms with van der Waals surface area (Å²) in [5, 5.41) is 7.59. The van der Waals surface area contributed by atoms with Crippen molar-refractivity contribution in [1.29, 1.82) is 0 Å². The summed E-state index contributed by atoms with van der Waals surface area (Å²) in [6.45, 7) is 3.38. The van der Waals surface area contributed by atoms with Gasteiger partial charge in [0, 0.05) is 32.7 Å². The molecule has 2 heterocycles. The number of hydrogen-bond donors (Lipinski definition) is 1. The van der Waals surface area contributed by atoms with Crippen molar-refractivity contribution < 1.29 is 0 Å². The molecule has 19 heavy (non-hydrogen) atoms. The van der Waals surface area contributed by atoms with Gasteiger partial charge >= 0.3 is 0 Å². The number of rotatable bonds is 4. The molecular weight excluding hydrogens is 264 g/mol. The summed E-state index contributed by atoms with van der Waals surface area (Å²) in [4.78, 5) is 14.2. The number of nitrogens with zero attached hydrogens (tertiary/aromatic N) is 3. The third kappa shape index (κ3) is 2.92. The Balaban J connectivity index is 1.62. The minimum absolute atomic E-state index is 0.234. The summed E-state index contributed by atoms with van der Waals surface area (Å²) in [6, 6.07) is 0.366. The molecule has 104 valence electrons. The standard InChI is InChI=1S/C13H19ClN4O/c1-17-13(19)12(14)11(6-15-17)16-10-4-5-18(8-10)7-9-2-3-9/h6,9-10,16H,2-5,7-8H2,1H3/t10-/m1/s1. The highest BCUT2D eigenvalue weighted by Crippen LogP contribution is 2.31. The molecule has 6 heteroatoms. The highest BCUT2D eigenvalue weighted by Gasteiger charge is 2.29. The van der Waals surface area contributed by atoms with E-state index in [9.17, 15) is 4.79 Å². The van der Waals surface area contributed by atoms with Gasteiger partial charge in [0.1, 0.15) is 5.02 Å². The van der Waals surface area contributed by atoms with Crippen molar-refractivity contribution in [2.45, 2.75) is 25.3 Å². The van der Waals surface area contributed by atoms with Gasteiger partial charge in [-0.15, -0.1) is 0 Å². The quantitative estimate of drug-likeness (QED) is 0.905. The fourth-order valence-electron chi connectivity index (χ4n) is 2.61. The predicted molar refractivity (Wildman–Crippen MR) is 75.7 cm³/mol. The number of aryl methyl sites for hydroxylation is 1. The second-order valence-corrected chi connectivity index (χ2v) is 6.01. The SMILES string of the molecule is Cn1ncc(N[C@@H]2CCN(CC3CC3)C2)c(Cl)c1=O. The van der Waals surface area contributed by atoms with Crippen molar-refractivity contribution in [3.05, 3.63) is 21.6 Å². The lowest BCUT2D eigenvalue weighted by molar-refractivity contribution is 0.322. The van der Waals surface area contributed by atoms with Gasteiger partial charge < -0.3 is 10.2 Å². The number of nitrogens with one attached hydrogen (secondary N) is 1. The van der Waals surface area contributed by atoms with E-state index in [1.807, 2.05) is 0 Å². The van der Waals surface area contributed by atoms with Crippen LogP contribution in [-0.4, -0.2) is 40.4 Å². The van der Waals surface area contributed by atoms with Gasteiger partial charge in [-0.05, 0) is 25.2 Å². The zero-order chi connectivity index (χ0) is 13.4. The van der Waals surface area contributed by atoms with Crippen LogP contribution in [0.15, 0.2) is 11.0 Å². The molecule has 1 aliphatic carbocycles. The van der Waals surface area contributed by atoms with Gasteiger partial charge in [-0.1, -0.05) is 11.6 Å². The average molecular weight is 283 g/mol. The average Bonchev–Trinajstić information content (AvgIpc) is 3.09. The monoisotopic (exact) mass is 282 g/mol. The zero-order valence-corrected chi connectivity index (χ0v) is 11.9. The molecule has 1 N–H and O–H groups in total. The van der Waals surface area contributed by atoms with E-state index in [0.717, 1.165) is 25.4 Å².